The van der Waals surface area contributed by atoms with Crippen LogP contribution in [-0.4, -0.2) is 46.1 Å². The number of carbonyl (C=O) groups excluding carboxylic acids is 5. The first kappa shape index (κ1) is 30.8. The van der Waals surface area contributed by atoms with E-state index in [1.54, 1.807) is 19.1 Å². The average Bonchev–Trinajstić information content (AvgIpc) is 3.06. The van der Waals surface area contributed by atoms with Crippen molar-refractivity contribution in [3.8, 4) is 0 Å². The monoisotopic (exact) mass is 630 g/mol. The highest BCUT2D eigenvalue weighted by molar-refractivity contribution is 6.42. The van der Waals surface area contributed by atoms with Gasteiger partial charge in [-0.3, -0.25) is 24.1 Å². The highest BCUT2D eigenvalue weighted by Gasteiger charge is 2.39. The number of hydroxylamine groups is 2. The molecule has 2 heterocycles. The Morgan fingerprint density at radius 2 is 1.13 bits per heavy atom. The smallest absolute Gasteiger partial charge is 0.329 e. The molecule has 0 fully saturated rings. The van der Waals surface area contributed by atoms with Gasteiger partial charge >= 0.3 is 5.97 Å². The van der Waals surface area contributed by atoms with Gasteiger partial charge in [0.25, 0.3) is 23.6 Å². The molecule has 0 aliphatic carbocycles. The number of amides is 4. The van der Waals surface area contributed by atoms with Gasteiger partial charge in [0.2, 0.25) is 0 Å². The fourth-order valence-electron chi connectivity index (χ4n) is 7.58. The molecule has 0 aromatic heterocycles. The number of rotatable bonds is 10. The van der Waals surface area contributed by atoms with Crippen LogP contribution in [0.25, 0.3) is 43.1 Å². The van der Waals surface area contributed by atoms with Crippen molar-refractivity contribution in [1.82, 2.24) is 9.96 Å². The molecule has 0 spiro atoms. The number of unbranched alkanes of at least 4 members (excludes halogenated alkanes) is 5. The fourth-order valence-corrected chi connectivity index (χ4v) is 7.58. The Labute approximate surface area is 272 Å². The van der Waals surface area contributed by atoms with Crippen molar-refractivity contribution in [2.75, 3.05) is 6.54 Å². The van der Waals surface area contributed by atoms with Crippen molar-refractivity contribution in [1.29, 1.82) is 0 Å². The molecule has 1 unspecified atom stereocenters. The van der Waals surface area contributed by atoms with Gasteiger partial charge in [0.1, 0.15) is 0 Å². The summed E-state index contributed by atoms with van der Waals surface area (Å²) < 4.78 is 0. The lowest BCUT2D eigenvalue weighted by molar-refractivity contribution is -0.173. The summed E-state index contributed by atoms with van der Waals surface area (Å²) in [5.41, 5.74) is 3.27. The van der Waals surface area contributed by atoms with E-state index >= 15 is 0 Å². The standard InChI is InChI=1S/C39H38N2O6/c1-6-8-9-10-11-12-17-40-35(42)25-15-13-23-30-22(5)19-28-32-26(37(44)41(38(28)45)47-39(46)20(3)7-2)16-14-24(34(30)32)29-21(4)18-27(36(40)43)31(25)33(23)29/h13-16,18-20H,6-12,17H2,1-5H3. The van der Waals surface area contributed by atoms with Crippen LogP contribution in [0.1, 0.15) is 118 Å². The normalized spacial score (nSPS) is 15.3. The highest BCUT2D eigenvalue weighted by Crippen LogP contribution is 2.48. The first-order chi connectivity index (χ1) is 22.6. The van der Waals surface area contributed by atoms with Crippen molar-refractivity contribution < 1.29 is 28.8 Å². The molecule has 8 nitrogen and oxygen atoms in total. The third-order valence-corrected chi connectivity index (χ3v) is 10.2. The van der Waals surface area contributed by atoms with Crippen molar-refractivity contribution in [3.05, 3.63) is 69.8 Å². The van der Waals surface area contributed by atoms with Gasteiger partial charge in [-0.25, -0.2) is 4.79 Å². The molecular weight excluding hydrogens is 592 g/mol. The van der Waals surface area contributed by atoms with Crippen LogP contribution in [0, 0.1) is 19.8 Å². The van der Waals surface area contributed by atoms with Gasteiger partial charge in [-0.1, -0.05) is 70.1 Å². The highest BCUT2D eigenvalue weighted by atomic mass is 16.7. The molecular formula is C39H38N2O6. The van der Waals surface area contributed by atoms with Gasteiger partial charge in [0, 0.05) is 28.4 Å². The van der Waals surface area contributed by atoms with Crippen LogP contribution in [0.15, 0.2) is 36.4 Å². The Bertz CT molecular complexity index is 2200. The largest absolute Gasteiger partial charge is 0.335 e. The fraction of sp³-hybridized carbons (Fsp3) is 0.359. The summed E-state index contributed by atoms with van der Waals surface area (Å²) in [6, 6.07) is 10.9. The average molecular weight is 631 g/mol. The van der Waals surface area contributed by atoms with E-state index in [9.17, 15) is 24.0 Å². The van der Waals surface area contributed by atoms with Crippen LogP contribution < -0.4 is 0 Å². The van der Waals surface area contributed by atoms with E-state index in [1.165, 1.54) is 17.7 Å². The van der Waals surface area contributed by atoms with E-state index in [0.29, 0.717) is 39.9 Å². The van der Waals surface area contributed by atoms with Gasteiger partial charge in [0.05, 0.1) is 17.0 Å². The van der Waals surface area contributed by atoms with Crippen molar-refractivity contribution in [2.45, 2.75) is 79.6 Å². The molecule has 0 saturated heterocycles. The SMILES string of the molecule is CCCCCCCCN1C(=O)c2ccc3c4c(C)cc5c6c(ccc(c7c(C)cc(c2c37)C1=O)c64)C(=O)N(OC(=O)C(C)CC)C5=O. The molecule has 2 aliphatic heterocycles. The zero-order valence-corrected chi connectivity index (χ0v) is 27.5. The van der Waals surface area contributed by atoms with Crippen LogP contribution in [0.4, 0.5) is 0 Å². The Hall–Kier alpha value is -4.85. The molecule has 240 valence electrons. The molecule has 5 aromatic carbocycles. The molecule has 5 aromatic rings. The maximum atomic E-state index is 13.9. The molecule has 0 saturated carbocycles. The zero-order chi connectivity index (χ0) is 33.3. The summed E-state index contributed by atoms with van der Waals surface area (Å²) in [6.45, 7) is 9.97. The number of benzene rings is 5. The number of aryl methyl sites for hydroxylation is 2. The lowest BCUT2D eigenvalue weighted by atomic mass is 9.80. The van der Waals surface area contributed by atoms with Crippen LogP contribution >= 0.6 is 0 Å². The van der Waals surface area contributed by atoms with Gasteiger partial charge in [-0.05, 0) is 94.4 Å². The number of imide groups is 2. The van der Waals surface area contributed by atoms with Crippen LogP contribution in [-0.2, 0) is 9.63 Å². The van der Waals surface area contributed by atoms with Crippen molar-refractivity contribution in [3.63, 3.8) is 0 Å². The first-order valence-electron chi connectivity index (χ1n) is 16.8. The number of fused-ring (bicyclic) bond motifs is 2. The quantitative estimate of drug-likeness (QED) is 0.0665. The molecule has 2 aliphatic rings. The summed E-state index contributed by atoms with van der Waals surface area (Å²) in [7, 11) is 0. The van der Waals surface area contributed by atoms with Crippen molar-refractivity contribution >= 4 is 72.7 Å². The van der Waals surface area contributed by atoms with Crippen molar-refractivity contribution in [2.24, 2.45) is 5.92 Å². The van der Waals surface area contributed by atoms with E-state index in [0.717, 1.165) is 69.1 Å². The molecule has 1 atom stereocenters. The molecule has 47 heavy (non-hydrogen) atoms. The molecule has 0 radical (unpaired) electrons. The second-order valence-electron chi connectivity index (χ2n) is 13.2. The number of hydrogen-bond acceptors (Lipinski definition) is 6. The van der Waals surface area contributed by atoms with E-state index in [4.69, 9.17) is 4.84 Å². The minimum Gasteiger partial charge on any atom is -0.329 e. The molecule has 8 heteroatoms. The Kier molecular flexibility index (Phi) is 7.49. The number of carbonyl (C=O) groups is 5. The van der Waals surface area contributed by atoms with E-state index in [1.807, 2.05) is 45.0 Å². The van der Waals surface area contributed by atoms with Gasteiger partial charge in [-0.2, -0.15) is 0 Å². The number of nitrogens with zero attached hydrogens (tertiary/aromatic N) is 2. The number of hydrogen-bond donors (Lipinski definition) is 0. The van der Waals surface area contributed by atoms with Gasteiger partial charge in [-0.15, -0.1) is 0 Å². The van der Waals surface area contributed by atoms with Gasteiger partial charge in [0.15, 0.2) is 0 Å². The first-order valence-corrected chi connectivity index (χ1v) is 16.8. The van der Waals surface area contributed by atoms with E-state index in [-0.39, 0.29) is 22.9 Å². The predicted octanol–water partition coefficient (Wildman–Crippen LogP) is 8.41. The second-order valence-corrected chi connectivity index (χ2v) is 13.2. The Morgan fingerprint density at radius 3 is 1.70 bits per heavy atom. The summed E-state index contributed by atoms with van der Waals surface area (Å²) in [5, 5.41) is 6.80. The minimum absolute atomic E-state index is 0.265. The summed E-state index contributed by atoms with van der Waals surface area (Å²) in [4.78, 5) is 74.7. The Balaban J connectivity index is 1.41. The Morgan fingerprint density at radius 1 is 0.638 bits per heavy atom. The van der Waals surface area contributed by atoms with Crippen LogP contribution in [0.3, 0.4) is 0 Å². The van der Waals surface area contributed by atoms with E-state index < -0.39 is 23.7 Å². The molecule has 0 N–H and O–H groups in total. The lowest BCUT2D eigenvalue weighted by Crippen LogP contribution is -2.42. The van der Waals surface area contributed by atoms with E-state index in [2.05, 4.69) is 6.92 Å². The van der Waals surface area contributed by atoms with Crippen LogP contribution in [0.5, 0.6) is 0 Å². The third-order valence-electron chi connectivity index (χ3n) is 10.2. The third kappa shape index (κ3) is 4.44. The molecule has 0 bridgehead atoms. The lowest BCUT2D eigenvalue weighted by Gasteiger charge is -2.30. The minimum atomic E-state index is -0.685. The summed E-state index contributed by atoms with van der Waals surface area (Å²) >= 11 is 0. The second kappa shape index (κ2) is 11.4. The zero-order valence-electron chi connectivity index (χ0n) is 27.5. The maximum absolute atomic E-state index is 13.9. The summed E-state index contributed by atoms with van der Waals surface area (Å²) in [6.07, 6.45) is 6.87. The van der Waals surface area contributed by atoms with Crippen LogP contribution in [0.2, 0.25) is 0 Å². The molecule has 7 rings (SSSR count). The topological polar surface area (TPSA) is 101 Å². The maximum Gasteiger partial charge on any atom is 0.335 e. The van der Waals surface area contributed by atoms with Gasteiger partial charge < -0.3 is 4.84 Å². The predicted molar refractivity (Wildman–Crippen MR) is 182 cm³/mol. The molecule has 4 amide bonds. The summed E-state index contributed by atoms with van der Waals surface area (Å²) in [5.74, 6) is -3.02.